The summed E-state index contributed by atoms with van der Waals surface area (Å²) in [6, 6.07) is 18.8. The predicted octanol–water partition coefficient (Wildman–Crippen LogP) is 8.85. The first kappa shape index (κ1) is 30.9. The highest BCUT2D eigenvalue weighted by atomic mass is 19.1. The van der Waals surface area contributed by atoms with Gasteiger partial charge >= 0.3 is 5.97 Å². The number of hydrogen-bond donors (Lipinski definition) is 0. The van der Waals surface area contributed by atoms with Crippen LogP contribution in [-0.2, 0) is 21.6 Å². The molecule has 0 amide bonds. The van der Waals surface area contributed by atoms with Gasteiger partial charge in [-0.15, -0.1) is 0 Å². The lowest BCUT2D eigenvalue weighted by atomic mass is 9.81. The predicted molar refractivity (Wildman–Crippen MR) is 153 cm³/mol. The van der Waals surface area contributed by atoms with Gasteiger partial charge in [-0.2, -0.15) is 0 Å². The van der Waals surface area contributed by atoms with Gasteiger partial charge in [0, 0.05) is 5.56 Å². The van der Waals surface area contributed by atoms with E-state index in [1.165, 1.54) is 13.2 Å². The van der Waals surface area contributed by atoms with Crippen LogP contribution in [0.15, 0.2) is 60.7 Å². The molecular formula is C33H43FO4. The molecule has 1 unspecified atom stereocenters. The zero-order valence-corrected chi connectivity index (χ0v) is 24.2. The molecule has 38 heavy (non-hydrogen) atoms. The summed E-state index contributed by atoms with van der Waals surface area (Å²) in [5.74, 6) is 0.990. The molecule has 0 saturated carbocycles. The molecule has 3 rings (SSSR count). The largest absolute Gasteiger partial charge is 0.497 e. The molecule has 0 aromatic heterocycles. The normalized spacial score (nSPS) is 11.7. The zero-order valence-electron chi connectivity index (χ0n) is 24.2. The molecule has 0 aliphatic heterocycles. The first-order valence-electron chi connectivity index (χ1n) is 13.4. The van der Waals surface area contributed by atoms with Gasteiger partial charge in [-0.25, -0.2) is 4.39 Å². The molecule has 0 aliphatic carbocycles. The molecule has 206 valence electrons. The maximum absolute atomic E-state index is 14.9. The Kier molecular flexibility index (Phi) is 11.8. The van der Waals surface area contributed by atoms with Crippen LogP contribution in [0.1, 0.15) is 83.4 Å². The molecule has 1 atom stereocenters. The monoisotopic (exact) mass is 522 g/mol. The molecule has 5 heteroatoms. The fourth-order valence-corrected chi connectivity index (χ4v) is 4.42. The number of benzene rings is 3. The van der Waals surface area contributed by atoms with Gasteiger partial charge in [0.25, 0.3) is 0 Å². The first-order valence-corrected chi connectivity index (χ1v) is 13.4. The Morgan fingerprint density at radius 2 is 1.55 bits per heavy atom. The molecule has 0 N–H and O–H groups in total. The van der Waals surface area contributed by atoms with Crippen molar-refractivity contribution in [3.05, 3.63) is 83.2 Å². The van der Waals surface area contributed by atoms with Crippen molar-refractivity contribution in [2.45, 2.75) is 78.7 Å². The van der Waals surface area contributed by atoms with Gasteiger partial charge < -0.3 is 14.2 Å². The van der Waals surface area contributed by atoms with E-state index in [4.69, 9.17) is 14.2 Å². The van der Waals surface area contributed by atoms with Crippen LogP contribution in [0, 0.1) is 5.82 Å². The van der Waals surface area contributed by atoms with Crippen LogP contribution in [0.2, 0.25) is 0 Å². The Morgan fingerprint density at radius 1 is 0.895 bits per heavy atom. The first-order chi connectivity index (χ1) is 18.2. The van der Waals surface area contributed by atoms with Gasteiger partial charge in [-0.1, -0.05) is 72.2 Å². The summed E-state index contributed by atoms with van der Waals surface area (Å²) in [7, 11) is 3.00. The second-order valence-electron chi connectivity index (χ2n) is 10.1. The number of esters is 1. The number of hydrogen-bond acceptors (Lipinski definition) is 4. The summed E-state index contributed by atoms with van der Waals surface area (Å²) < 4.78 is 31.2. The highest BCUT2D eigenvalue weighted by Crippen LogP contribution is 2.37. The van der Waals surface area contributed by atoms with E-state index in [2.05, 4.69) is 33.8 Å². The Hall–Kier alpha value is -3.34. The van der Waals surface area contributed by atoms with Gasteiger partial charge in [-0.3, -0.25) is 4.79 Å². The number of methoxy groups -OCH3 is 2. The fourth-order valence-electron chi connectivity index (χ4n) is 4.42. The number of rotatable bonds is 10. The number of ether oxygens (including phenoxy) is 3. The van der Waals surface area contributed by atoms with Crippen molar-refractivity contribution in [1.82, 2.24) is 0 Å². The molecule has 0 bridgehead atoms. The van der Waals surface area contributed by atoms with E-state index in [0.29, 0.717) is 24.3 Å². The summed E-state index contributed by atoms with van der Waals surface area (Å²) in [4.78, 5) is 11.8. The standard InChI is InChI=1S/C31H37FO4.C2H6/c1-7-8-23(18-30(33)35-6)22-10-12-24(13-11-22)36-20-21-9-15-28(31(2,3)4)26(17-21)27-19-25(34-5)14-16-29(27)32;1-2/h9-17,19,23H,7-8,18,20H2,1-6H3;1-2H3. The summed E-state index contributed by atoms with van der Waals surface area (Å²) in [5.41, 5.74) is 4.27. The average molecular weight is 523 g/mol. The quantitative estimate of drug-likeness (QED) is 0.250. The third kappa shape index (κ3) is 8.34. The molecule has 0 radical (unpaired) electrons. The van der Waals surface area contributed by atoms with Crippen LogP contribution < -0.4 is 9.47 Å². The Balaban J connectivity index is 0.00000247. The second-order valence-corrected chi connectivity index (χ2v) is 10.1. The van der Waals surface area contributed by atoms with E-state index in [0.717, 1.165) is 40.8 Å². The molecular weight excluding hydrogens is 479 g/mol. The molecule has 0 fully saturated rings. The van der Waals surface area contributed by atoms with E-state index in [1.54, 1.807) is 19.2 Å². The Labute approximate surface area is 228 Å². The van der Waals surface area contributed by atoms with Gasteiger partial charge in [0.1, 0.15) is 23.9 Å². The van der Waals surface area contributed by atoms with Crippen molar-refractivity contribution >= 4 is 5.97 Å². The minimum absolute atomic E-state index is 0.127. The van der Waals surface area contributed by atoms with Gasteiger partial charge in [0.15, 0.2) is 0 Å². The number of carbonyl (C=O) groups excluding carboxylic acids is 1. The Bertz CT molecular complexity index is 1160. The van der Waals surface area contributed by atoms with E-state index < -0.39 is 0 Å². The third-order valence-corrected chi connectivity index (χ3v) is 6.39. The maximum atomic E-state index is 14.9. The van der Waals surface area contributed by atoms with E-state index in [9.17, 15) is 9.18 Å². The third-order valence-electron chi connectivity index (χ3n) is 6.39. The van der Waals surface area contributed by atoms with Crippen LogP contribution in [0.25, 0.3) is 11.1 Å². The summed E-state index contributed by atoms with van der Waals surface area (Å²) in [6.45, 7) is 12.8. The van der Waals surface area contributed by atoms with Crippen LogP contribution in [0.4, 0.5) is 4.39 Å². The lowest BCUT2D eigenvalue weighted by Gasteiger charge is -2.24. The summed E-state index contributed by atoms with van der Waals surface area (Å²) in [6.07, 6.45) is 2.27. The minimum Gasteiger partial charge on any atom is -0.497 e. The molecule has 4 nitrogen and oxygen atoms in total. The van der Waals surface area contributed by atoms with Crippen molar-refractivity contribution < 1.29 is 23.4 Å². The number of halogens is 1. The minimum atomic E-state index is -0.288. The van der Waals surface area contributed by atoms with Crippen molar-refractivity contribution in [3.63, 3.8) is 0 Å². The average Bonchev–Trinajstić information content (AvgIpc) is 2.92. The Morgan fingerprint density at radius 3 is 2.13 bits per heavy atom. The molecule has 0 spiro atoms. The van der Waals surface area contributed by atoms with E-state index in [1.807, 2.05) is 50.2 Å². The number of carbonyl (C=O) groups is 1. The van der Waals surface area contributed by atoms with Crippen LogP contribution in [0.3, 0.4) is 0 Å². The zero-order chi connectivity index (χ0) is 28.3. The van der Waals surface area contributed by atoms with E-state index >= 15 is 0 Å². The smallest absolute Gasteiger partial charge is 0.306 e. The van der Waals surface area contributed by atoms with Crippen LogP contribution >= 0.6 is 0 Å². The van der Waals surface area contributed by atoms with Gasteiger partial charge in [0.05, 0.1) is 20.6 Å². The summed E-state index contributed by atoms with van der Waals surface area (Å²) in [5, 5.41) is 0. The molecule has 3 aromatic carbocycles. The second kappa shape index (κ2) is 14.6. The molecule has 0 saturated heterocycles. The van der Waals surface area contributed by atoms with Crippen LogP contribution in [-0.4, -0.2) is 20.2 Å². The van der Waals surface area contributed by atoms with Crippen molar-refractivity contribution in [3.8, 4) is 22.6 Å². The lowest BCUT2D eigenvalue weighted by Crippen LogP contribution is -2.13. The SMILES string of the molecule is CC.CCCC(CC(=O)OC)c1ccc(OCc2ccc(C(C)(C)C)c(-c3cc(OC)ccc3F)c2)cc1. The van der Waals surface area contributed by atoms with Crippen LogP contribution in [0.5, 0.6) is 11.5 Å². The molecule has 3 aromatic rings. The summed E-state index contributed by atoms with van der Waals surface area (Å²) >= 11 is 0. The lowest BCUT2D eigenvalue weighted by molar-refractivity contribution is -0.141. The fraction of sp³-hybridized carbons (Fsp3) is 0.424. The van der Waals surface area contributed by atoms with E-state index in [-0.39, 0.29) is 23.1 Å². The topological polar surface area (TPSA) is 44.8 Å². The van der Waals surface area contributed by atoms with Crippen molar-refractivity contribution in [1.29, 1.82) is 0 Å². The maximum Gasteiger partial charge on any atom is 0.306 e. The molecule has 0 aliphatic rings. The van der Waals surface area contributed by atoms with Gasteiger partial charge in [0.2, 0.25) is 0 Å². The van der Waals surface area contributed by atoms with Crippen molar-refractivity contribution in [2.75, 3.05) is 14.2 Å². The van der Waals surface area contributed by atoms with Crippen molar-refractivity contribution in [2.24, 2.45) is 0 Å². The molecule has 0 heterocycles. The van der Waals surface area contributed by atoms with Gasteiger partial charge in [-0.05, 0) is 76.4 Å². The highest BCUT2D eigenvalue weighted by molar-refractivity contribution is 5.72. The highest BCUT2D eigenvalue weighted by Gasteiger charge is 2.21.